The number of ether oxygens (including phenoxy) is 1. The summed E-state index contributed by atoms with van der Waals surface area (Å²) in [5, 5.41) is 3.18. The van der Waals surface area contributed by atoms with Crippen molar-refractivity contribution in [2.24, 2.45) is 0 Å². The van der Waals surface area contributed by atoms with Crippen LogP contribution in [-0.2, 0) is 0 Å². The van der Waals surface area contributed by atoms with Gasteiger partial charge in [-0.2, -0.15) is 12.6 Å². The summed E-state index contributed by atoms with van der Waals surface area (Å²) in [5.41, 5.74) is 3.51. The third kappa shape index (κ3) is 2.10. The average molecular weight is 197 g/mol. The Morgan fingerprint density at radius 1 is 1.31 bits per heavy atom. The molecule has 0 aliphatic carbocycles. The third-order valence-electron chi connectivity index (χ3n) is 2.23. The first-order chi connectivity index (χ1) is 6.20. The second-order valence-electron chi connectivity index (χ2n) is 2.90. The van der Waals surface area contributed by atoms with Gasteiger partial charge in [-0.3, -0.25) is 0 Å². The lowest BCUT2D eigenvalue weighted by atomic mass is 10.1. The van der Waals surface area contributed by atoms with E-state index in [9.17, 15) is 0 Å². The zero-order valence-electron chi connectivity index (χ0n) is 8.22. The lowest BCUT2D eigenvalue weighted by Gasteiger charge is -2.12. The molecule has 0 saturated carbocycles. The largest absolute Gasteiger partial charge is 0.496 e. The van der Waals surface area contributed by atoms with Crippen LogP contribution in [0.1, 0.15) is 11.1 Å². The number of thiol groups is 1. The molecule has 0 radical (unpaired) electrons. The van der Waals surface area contributed by atoms with Crippen molar-refractivity contribution in [3.63, 3.8) is 0 Å². The molecule has 2 nitrogen and oxygen atoms in total. The number of rotatable bonds is 3. The summed E-state index contributed by atoms with van der Waals surface area (Å²) in [5.74, 6) is 1.58. The van der Waals surface area contributed by atoms with Crippen LogP contribution in [0.2, 0.25) is 0 Å². The van der Waals surface area contributed by atoms with E-state index in [-0.39, 0.29) is 0 Å². The SMILES string of the molecule is COc1ccc(NCS)c(C)c1C. The van der Waals surface area contributed by atoms with Crippen molar-refractivity contribution < 1.29 is 4.74 Å². The van der Waals surface area contributed by atoms with Gasteiger partial charge >= 0.3 is 0 Å². The van der Waals surface area contributed by atoms with Crippen LogP contribution >= 0.6 is 12.6 Å². The summed E-state index contributed by atoms with van der Waals surface area (Å²) < 4.78 is 5.21. The minimum atomic E-state index is 0.645. The fourth-order valence-electron chi connectivity index (χ4n) is 1.29. The minimum absolute atomic E-state index is 0.645. The monoisotopic (exact) mass is 197 g/mol. The number of hydrogen-bond acceptors (Lipinski definition) is 3. The van der Waals surface area contributed by atoms with Crippen LogP contribution in [0, 0.1) is 13.8 Å². The van der Waals surface area contributed by atoms with Crippen molar-refractivity contribution >= 4 is 18.3 Å². The molecule has 0 fully saturated rings. The molecule has 0 aliphatic heterocycles. The normalized spacial score (nSPS) is 9.85. The van der Waals surface area contributed by atoms with E-state index in [0.29, 0.717) is 5.88 Å². The molecule has 0 atom stereocenters. The first kappa shape index (κ1) is 10.3. The molecule has 0 aliphatic rings. The molecule has 0 spiro atoms. The Bertz CT molecular complexity index is 299. The molecule has 0 unspecified atom stereocenters. The summed E-state index contributed by atoms with van der Waals surface area (Å²) in [6, 6.07) is 3.98. The zero-order valence-corrected chi connectivity index (χ0v) is 9.11. The summed E-state index contributed by atoms with van der Waals surface area (Å²) in [6.07, 6.45) is 0. The van der Waals surface area contributed by atoms with E-state index in [2.05, 4.69) is 31.8 Å². The highest BCUT2D eigenvalue weighted by molar-refractivity contribution is 7.80. The van der Waals surface area contributed by atoms with E-state index in [1.54, 1.807) is 7.11 Å². The molecule has 1 aromatic rings. The van der Waals surface area contributed by atoms with Gasteiger partial charge in [-0.1, -0.05) is 0 Å². The van der Waals surface area contributed by atoms with E-state index >= 15 is 0 Å². The molecular formula is C10H15NOS. The van der Waals surface area contributed by atoms with Crippen molar-refractivity contribution in [3.05, 3.63) is 23.3 Å². The summed E-state index contributed by atoms with van der Waals surface area (Å²) in [6.45, 7) is 4.13. The second-order valence-corrected chi connectivity index (χ2v) is 3.22. The van der Waals surface area contributed by atoms with Crippen LogP contribution in [0.5, 0.6) is 5.75 Å². The van der Waals surface area contributed by atoms with Gasteiger partial charge in [-0.15, -0.1) is 0 Å². The minimum Gasteiger partial charge on any atom is -0.496 e. The zero-order chi connectivity index (χ0) is 9.84. The molecular weight excluding hydrogens is 182 g/mol. The van der Waals surface area contributed by atoms with Gasteiger partial charge in [0, 0.05) is 5.69 Å². The summed E-state index contributed by atoms with van der Waals surface area (Å²) in [7, 11) is 1.69. The van der Waals surface area contributed by atoms with Gasteiger partial charge < -0.3 is 10.1 Å². The maximum atomic E-state index is 5.21. The van der Waals surface area contributed by atoms with E-state index in [1.807, 2.05) is 12.1 Å². The highest BCUT2D eigenvalue weighted by atomic mass is 32.1. The van der Waals surface area contributed by atoms with E-state index in [0.717, 1.165) is 11.4 Å². The Morgan fingerprint density at radius 3 is 2.54 bits per heavy atom. The van der Waals surface area contributed by atoms with Gasteiger partial charge in [0.25, 0.3) is 0 Å². The molecule has 1 rings (SSSR count). The number of nitrogens with one attached hydrogen (secondary N) is 1. The van der Waals surface area contributed by atoms with Crippen LogP contribution in [0.3, 0.4) is 0 Å². The van der Waals surface area contributed by atoms with Gasteiger partial charge in [0.15, 0.2) is 0 Å². The molecule has 0 saturated heterocycles. The van der Waals surface area contributed by atoms with Gasteiger partial charge in [0.05, 0.1) is 13.0 Å². The van der Waals surface area contributed by atoms with Crippen LogP contribution in [0.4, 0.5) is 5.69 Å². The van der Waals surface area contributed by atoms with Crippen LogP contribution in [-0.4, -0.2) is 13.0 Å². The predicted molar refractivity (Wildman–Crippen MR) is 59.9 cm³/mol. The molecule has 0 bridgehead atoms. The second kappa shape index (κ2) is 4.42. The summed E-state index contributed by atoms with van der Waals surface area (Å²) in [4.78, 5) is 0. The highest BCUT2D eigenvalue weighted by Crippen LogP contribution is 2.26. The lowest BCUT2D eigenvalue weighted by Crippen LogP contribution is -1.99. The Kier molecular flexibility index (Phi) is 3.48. The first-order valence-corrected chi connectivity index (χ1v) is 4.83. The molecule has 0 aromatic heterocycles. The Hall–Kier alpha value is -0.830. The molecule has 1 aromatic carbocycles. The fraction of sp³-hybridized carbons (Fsp3) is 0.400. The highest BCUT2D eigenvalue weighted by Gasteiger charge is 2.04. The number of anilines is 1. The topological polar surface area (TPSA) is 21.3 Å². The number of benzene rings is 1. The standard InChI is InChI=1S/C10H15NOS/c1-7-8(2)10(12-3)5-4-9(7)11-6-13/h4-5,11,13H,6H2,1-3H3. The average Bonchev–Trinajstić information content (AvgIpc) is 2.14. The van der Waals surface area contributed by atoms with E-state index in [1.165, 1.54) is 11.1 Å². The molecule has 13 heavy (non-hydrogen) atoms. The quantitative estimate of drug-likeness (QED) is 0.574. The first-order valence-electron chi connectivity index (χ1n) is 4.19. The van der Waals surface area contributed by atoms with Crippen LogP contribution in [0.15, 0.2) is 12.1 Å². The Morgan fingerprint density at radius 2 is 2.00 bits per heavy atom. The van der Waals surface area contributed by atoms with Crippen molar-refractivity contribution in [1.82, 2.24) is 0 Å². The van der Waals surface area contributed by atoms with E-state index < -0.39 is 0 Å². The van der Waals surface area contributed by atoms with Gasteiger partial charge in [-0.25, -0.2) is 0 Å². The van der Waals surface area contributed by atoms with Crippen LogP contribution < -0.4 is 10.1 Å². The Balaban J connectivity index is 3.07. The Labute approximate surface area is 84.7 Å². The molecule has 0 heterocycles. The van der Waals surface area contributed by atoms with Gasteiger partial charge in [-0.05, 0) is 37.1 Å². The van der Waals surface area contributed by atoms with Crippen molar-refractivity contribution in [2.75, 3.05) is 18.3 Å². The fourth-order valence-corrected chi connectivity index (χ4v) is 1.46. The van der Waals surface area contributed by atoms with Crippen molar-refractivity contribution in [2.45, 2.75) is 13.8 Å². The van der Waals surface area contributed by atoms with Gasteiger partial charge in [0.1, 0.15) is 5.75 Å². The number of methoxy groups -OCH3 is 1. The van der Waals surface area contributed by atoms with Crippen molar-refractivity contribution in [3.8, 4) is 5.75 Å². The smallest absolute Gasteiger partial charge is 0.122 e. The van der Waals surface area contributed by atoms with Crippen LogP contribution in [0.25, 0.3) is 0 Å². The maximum absolute atomic E-state index is 5.21. The number of hydrogen-bond donors (Lipinski definition) is 2. The molecule has 1 N–H and O–H groups in total. The van der Waals surface area contributed by atoms with E-state index in [4.69, 9.17) is 4.74 Å². The lowest BCUT2D eigenvalue weighted by molar-refractivity contribution is 0.411. The maximum Gasteiger partial charge on any atom is 0.122 e. The predicted octanol–water partition coefficient (Wildman–Crippen LogP) is 2.61. The summed E-state index contributed by atoms with van der Waals surface area (Å²) >= 11 is 4.12. The molecule has 72 valence electrons. The van der Waals surface area contributed by atoms with Crippen molar-refractivity contribution in [1.29, 1.82) is 0 Å². The molecule has 3 heteroatoms. The molecule has 0 amide bonds. The van der Waals surface area contributed by atoms with Gasteiger partial charge in [0.2, 0.25) is 0 Å². The third-order valence-corrected chi connectivity index (χ3v) is 2.39.